The van der Waals surface area contributed by atoms with Crippen LogP contribution >= 0.6 is 0 Å². The summed E-state index contributed by atoms with van der Waals surface area (Å²) in [7, 11) is 1.53. The molecule has 1 aromatic carbocycles. The first-order valence-corrected chi connectivity index (χ1v) is 4.49. The molecule has 0 saturated carbocycles. The predicted molar refractivity (Wildman–Crippen MR) is 57.0 cm³/mol. The third kappa shape index (κ3) is 2.77. The van der Waals surface area contributed by atoms with Crippen molar-refractivity contribution in [2.45, 2.75) is 20.8 Å². The molecular formula is C12H15FO. The zero-order valence-electron chi connectivity index (χ0n) is 9.02. The average molecular weight is 194 g/mol. The van der Waals surface area contributed by atoms with Gasteiger partial charge in [0.25, 0.3) is 0 Å². The summed E-state index contributed by atoms with van der Waals surface area (Å²) in [6, 6.07) is 2.89. The lowest BCUT2D eigenvalue weighted by atomic mass is 10.1. The molecule has 0 spiro atoms. The van der Waals surface area contributed by atoms with E-state index in [1.165, 1.54) is 19.2 Å². The summed E-state index contributed by atoms with van der Waals surface area (Å²) >= 11 is 0. The standard InChI is InChI=1S/C10H9FO.C2H6/c1-4-8-6-10(12-3)7(2)5-9(8)11;1-2/h1,5-6H,2-3H3;1-2H3. The van der Waals surface area contributed by atoms with Crippen LogP contribution in [0.25, 0.3) is 0 Å². The zero-order chi connectivity index (χ0) is 11.1. The number of hydrogen-bond acceptors (Lipinski definition) is 1. The maximum absolute atomic E-state index is 13.0. The van der Waals surface area contributed by atoms with Crippen molar-refractivity contribution in [3.05, 3.63) is 29.1 Å². The third-order valence-corrected chi connectivity index (χ3v) is 1.64. The predicted octanol–water partition coefficient (Wildman–Crippen LogP) is 3.15. The second-order valence-corrected chi connectivity index (χ2v) is 2.45. The van der Waals surface area contributed by atoms with E-state index in [0.717, 1.165) is 5.56 Å². The smallest absolute Gasteiger partial charge is 0.139 e. The van der Waals surface area contributed by atoms with E-state index in [9.17, 15) is 4.39 Å². The summed E-state index contributed by atoms with van der Waals surface area (Å²) in [5.74, 6) is 2.48. The Bertz CT molecular complexity index is 337. The fourth-order valence-electron chi connectivity index (χ4n) is 0.983. The fourth-order valence-corrected chi connectivity index (χ4v) is 0.983. The van der Waals surface area contributed by atoms with E-state index in [1.807, 2.05) is 13.8 Å². The van der Waals surface area contributed by atoms with E-state index in [4.69, 9.17) is 11.2 Å². The van der Waals surface area contributed by atoms with Gasteiger partial charge in [-0.15, -0.1) is 6.42 Å². The van der Waals surface area contributed by atoms with Crippen molar-refractivity contribution in [1.29, 1.82) is 0 Å². The van der Waals surface area contributed by atoms with E-state index in [0.29, 0.717) is 5.75 Å². The molecule has 2 heteroatoms. The number of rotatable bonds is 1. The van der Waals surface area contributed by atoms with Gasteiger partial charge in [-0.25, -0.2) is 4.39 Å². The van der Waals surface area contributed by atoms with Crippen LogP contribution in [0.4, 0.5) is 4.39 Å². The number of halogens is 1. The van der Waals surface area contributed by atoms with Crippen LogP contribution in [0.2, 0.25) is 0 Å². The van der Waals surface area contributed by atoms with E-state index in [-0.39, 0.29) is 11.4 Å². The molecule has 1 rings (SSSR count). The maximum atomic E-state index is 13.0. The van der Waals surface area contributed by atoms with Gasteiger partial charge >= 0.3 is 0 Å². The lowest BCUT2D eigenvalue weighted by Gasteiger charge is -2.04. The summed E-state index contributed by atoms with van der Waals surface area (Å²) in [5, 5.41) is 0. The highest BCUT2D eigenvalue weighted by atomic mass is 19.1. The van der Waals surface area contributed by atoms with Crippen LogP contribution in [0, 0.1) is 25.1 Å². The molecule has 0 aromatic heterocycles. The van der Waals surface area contributed by atoms with Gasteiger partial charge in [0.15, 0.2) is 0 Å². The van der Waals surface area contributed by atoms with Gasteiger partial charge in [-0.2, -0.15) is 0 Å². The van der Waals surface area contributed by atoms with Gasteiger partial charge in [-0.3, -0.25) is 0 Å². The molecule has 0 fully saturated rings. The van der Waals surface area contributed by atoms with Gasteiger partial charge in [-0.05, 0) is 24.6 Å². The molecule has 76 valence electrons. The van der Waals surface area contributed by atoms with Crippen LogP contribution in [0.1, 0.15) is 25.0 Å². The van der Waals surface area contributed by atoms with Crippen molar-refractivity contribution in [3.8, 4) is 18.1 Å². The molecule has 0 aliphatic heterocycles. The Hall–Kier alpha value is -1.49. The monoisotopic (exact) mass is 194 g/mol. The van der Waals surface area contributed by atoms with Crippen molar-refractivity contribution in [1.82, 2.24) is 0 Å². The molecule has 1 aromatic rings. The molecule has 0 bridgehead atoms. The summed E-state index contributed by atoms with van der Waals surface area (Å²) in [6.45, 7) is 5.77. The molecule has 0 radical (unpaired) electrons. The van der Waals surface area contributed by atoms with Gasteiger partial charge in [0, 0.05) is 0 Å². The summed E-state index contributed by atoms with van der Waals surface area (Å²) in [6.07, 6.45) is 5.08. The second-order valence-electron chi connectivity index (χ2n) is 2.45. The maximum Gasteiger partial charge on any atom is 0.139 e. The fraction of sp³-hybridized carbons (Fsp3) is 0.333. The van der Waals surface area contributed by atoms with E-state index in [2.05, 4.69) is 5.92 Å². The van der Waals surface area contributed by atoms with Crippen molar-refractivity contribution in [2.24, 2.45) is 0 Å². The molecule has 0 unspecified atom stereocenters. The first-order chi connectivity index (χ1) is 6.69. The Labute approximate surface area is 84.9 Å². The number of ether oxygens (including phenoxy) is 1. The van der Waals surface area contributed by atoms with Gasteiger partial charge in [-0.1, -0.05) is 19.8 Å². The minimum atomic E-state index is -0.379. The molecule has 1 nitrogen and oxygen atoms in total. The highest BCUT2D eigenvalue weighted by Crippen LogP contribution is 2.21. The molecule has 0 saturated heterocycles. The van der Waals surface area contributed by atoms with E-state index >= 15 is 0 Å². The SMILES string of the molecule is C#Cc1cc(OC)c(C)cc1F.CC. The Kier molecular flexibility index (Phi) is 5.40. The van der Waals surface area contributed by atoms with Crippen molar-refractivity contribution in [2.75, 3.05) is 7.11 Å². The summed E-state index contributed by atoms with van der Waals surface area (Å²) in [5.41, 5.74) is 0.978. The molecule has 0 aliphatic rings. The van der Waals surface area contributed by atoms with Gasteiger partial charge in [0.05, 0.1) is 12.7 Å². The van der Waals surface area contributed by atoms with Gasteiger partial charge in [0.1, 0.15) is 11.6 Å². The Morgan fingerprint density at radius 1 is 1.36 bits per heavy atom. The normalized spacial score (nSPS) is 8.29. The van der Waals surface area contributed by atoms with Crippen LogP contribution in [0.15, 0.2) is 12.1 Å². The lowest BCUT2D eigenvalue weighted by Crippen LogP contribution is -1.91. The van der Waals surface area contributed by atoms with Crippen LogP contribution in [0.5, 0.6) is 5.75 Å². The molecule has 14 heavy (non-hydrogen) atoms. The van der Waals surface area contributed by atoms with Crippen molar-refractivity contribution >= 4 is 0 Å². The van der Waals surface area contributed by atoms with Crippen molar-refractivity contribution in [3.63, 3.8) is 0 Å². The highest BCUT2D eigenvalue weighted by molar-refractivity contribution is 5.44. The molecule has 0 amide bonds. The minimum Gasteiger partial charge on any atom is -0.496 e. The molecule has 0 atom stereocenters. The zero-order valence-corrected chi connectivity index (χ0v) is 9.02. The molecule has 0 aliphatic carbocycles. The van der Waals surface area contributed by atoms with Gasteiger partial charge < -0.3 is 4.74 Å². The Morgan fingerprint density at radius 3 is 2.36 bits per heavy atom. The van der Waals surface area contributed by atoms with Crippen LogP contribution in [-0.4, -0.2) is 7.11 Å². The minimum absolute atomic E-state index is 0.234. The first-order valence-electron chi connectivity index (χ1n) is 4.49. The van der Waals surface area contributed by atoms with Gasteiger partial charge in [0.2, 0.25) is 0 Å². The topological polar surface area (TPSA) is 9.23 Å². The number of hydrogen-bond donors (Lipinski definition) is 0. The van der Waals surface area contributed by atoms with E-state index in [1.54, 1.807) is 6.92 Å². The summed E-state index contributed by atoms with van der Waals surface area (Å²) in [4.78, 5) is 0. The highest BCUT2D eigenvalue weighted by Gasteiger charge is 2.04. The Morgan fingerprint density at radius 2 is 1.93 bits per heavy atom. The van der Waals surface area contributed by atoms with Crippen LogP contribution < -0.4 is 4.74 Å². The number of aryl methyl sites for hydroxylation is 1. The van der Waals surface area contributed by atoms with Crippen LogP contribution in [-0.2, 0) is 0 Å². The number of terminal acetylenes is 1. The number of methoxy groups -OCH3 is 1. The van der Waals surface area contributed by atoms with Crippen LogP contribution in [0.3, 0.4) is 0 Å². The van der Waals surface area contributed by atoms with E-state index < -0.39 is 0 Å². The third-order valence-electron chi connectivity index (χ3n) is 1.64. The summed E-state index contributed by atoms with van der Waals surface area (Å²) < 4.78 is 17.9. The Balaban J connectivity index is 0.000000791. The lowest BCUT2D eigenvalue weighted by molar-refractivity contribution is 0.410. The quantitative estimate of drug-likeness (QED) is 0.624. The first kappa shape index (κ1) is 12.5. The largest absolute Gasteiger partial charge is 0.496 e. The molecule has 0 heterocycles. The number of benzene rings is 1. The van der Waals surface area contributed by atoms with Crippen molar-refractivity contribution < 1.29 is 9.13 Å². The second kappa shape index (κ2) is 6.04. The average Bonchev–Trinajstić information content (AvgIpc) is 2.21. The molecule has 0 N–H and O–H groups in total. The molecular weight excluding hydrogens is 179 g/mol.